The number of carbonyl (C=O) groups is 1. The molecule has 2 heterocycles. The van der Waals surface area contributed by atoms with Gasteiger partial charge in [0.2, 0.25) is 0 Å². The third-order valence-electron chi connectivity index (χ3n) is 3.60. The second-order valence-electron chi connectivity index (χ2n) is 5.07. The summed E-state index contributed by atoms with van der Waals surface area (Å²) in [7, 11) is 3.70. The van der Waals surface area contributed by atoms with Gasteiger partial charge in [0.15, 0.2) is 5.13 Å². The number of piperazine rings is 1. The van der Waals surface area contributed by atoms with E-state index in [1.807, 2.05) is 23.1 Å². The van der Waals surface area contributed by atoms with Gasteiger partial charge in [0.1, 0.15) is 5.75 Å². The van der Waals surface area contributed by atoms with Crippen LogP contribution in [0.2, 0.25) is 0 Å². The summed E-state index contributed by atoms with van der Waals surface area (Å²) >= 11 is 1.46. The number of ether oxygens (including phenoxy) is 1. The summed E-state index contributed by atoms with van der Waals surface area (Å²) < 4.78 is 6.20. The molecule has 1 saturated heterocycles. The summed E-state index contributed by atoms with van der Waals surface area (Å²) in [5, 5.41) is 3.52. The molecule has 0 aliphatic carbocycles. The zero-order chi connectivity index (χ0) is 14.8. The normalized spacial score (nSPS) is 16.2. The highest BCUT2D eigenvalue weighted by atomic mass is 32.1. The van der Waals surface area contributed by atoms with Gasteiger partial charge in [-0.3, -0.25) is 5.32 Å². The molecule has 6 nitrogen and oxygen atoms in total. The first kappa shape index (κ1) is 14.1. The third kappa shape index (κ3) is 3.08. The molecule has 0 radical (unpaired) electrons. The highest BCUT2D eigenvalue weighted by molar-refractivity contribution is 7.22. The maximum atomic E-state index is 12.2. The second-order valence-corrected chi connectivity index (χ2v) is 6.10. The van der Waals surface area contributed by atoms with Gasteiger partial charge in [0.25, 0.3) is 0 Å². The minimum absolute atomic E-state index is 0.0749. The largest absolute Gasteiger partial charge is 0.497 e. The topological polar surface area (TPSA) is 57.7 Å². The number of methoxy groups -OCH3 is 1. The molecule has 1 aromatic carbocycles. The Kier molecular flexibility index (Phi) is 3.94. The van der Waals surface area contributed by atoms with E-state index in [0.29, 0.717) is 5.13 Å². The van der Waals surface area contributed by atoms with Crippen molar-refractivity contribution in [2.24, 2.45) is 0 Å². The summed E-state index contributed by atoms with van der Waals surface area (Å²) in [6.45, 7) is 3.32. The molecule has 0 unspecified atom stereocenters. The molecule has 2 aromatic rings. The number of benzene rings is 1. The van der Waals surface area contributed by atoms with Crippen LogP contribution in [0.25, 0.3) is 10.2 Å². The van der Waals surface area contributed by atoms with Gasteiger partial charge in [-0.2, -0.15) is 0 Å². The number of anilines is 1. The molecule has 0 saturated carbocycles. The average molecular weight is 306 g/mol. The van der Waals surface area contributed by atoms with E-state index in [1.165, 1.54) is 11.3 Å². The Morgan fingerprint density at radius 1 is 1.33 bits per heavy atom. The Labute approximate surface area is 127 Å². The third-order valence-corrected chi connectivity index (χ3v) is 4.53. The number of nitrogens with one attached hydrogen (secondary N) is 1. The van der Waals surface area contributed by atoms with Gasteiger partial charge < -0.3 is 14.5 Å². The molecule has 1 aliphatic heterocycles. The number of hydrogen-bond acceptors (Lipinski definition) is 5. The van der Waals surface area contributed by atoms with Crippen LogP contribution in [-0.4, -0.2) is 61.2 Å². The zero-order valence-corrected chi connectivity index (χ0v) is 12.9. The molecule has 21 heavy (non-hydrogen) atoms. The van der Waals surface area contributed by atoms with Gasteiger partial charge in [0, 0.05) is 26.2 Å². The van der Waals surface area contributed by atoms with E-state index in [9.17, 15) is 4.79 Å². The first-order valence-electron chi connectivity index (χ1n) is 6.85. The number of urea groups is 1. The maximum Gasteiger partial charge on any atom is 0.323 e. The molecule has 0 bridgehead atoms. The molecule has 2 amide bonds. The molecule has 1 fully saturated rings. The minimum atomic E-state index is -0.0749. The van der Waals surface area contributed by atoms with Gasteiger partial charge in [-0.1, -0.05) is 11.3 Å². The van der Waals surface area contributed by atoms with Crippen molar-refractivity contribution in [2.45, 2.75) is 0 Å². The first-order valence-corrected chi connectivity index (χ1v) is 7.66. The molecule has 1 aliphatic rings. The summed E-state index contributed by atoms with van der Waals surface area (Å²) in [4.78, 5) is 20.7. The molecule has 0 atom stereocenters. The van der Waals surface area contributed by atoms with E-state index < -0.39 is 0 Å². The molecular weight excluding hydrogens is 288 g/mol. The van der Waals surface area contributed by atoms with Crippen LogP contribution in [0.15, 0.2) is 18.2 Å². The first-order chi connectivity index (χ1) is 10.2. The van der Waals surface area contributed by atoms with Crippen LogP contribution in [0.3, 0.4) is 0 Å². The number of carbonyl (C=O) groups excluding carboxylic acids is 1. The summed E-state index contributed by atoms with van der Waals surface area (Å²) in [5.74, 6) is 0.795. The van der Waals surface area contributed by atoms with Crippen molar-refractivity contribution in [1.82, 2.24) is 14.8 Å². The summed E-state index contributed by atoms with van der Waals surface area (Å²) in [6, 6.07) is 5.62. The number of thiazole rings is 1. The number of nitrogens with zero attached hydrogens (tertiary/aromatic N) is 3. The van der Waals surface area contributed by atoms with E-state index in [1.54, 1.807) is 7.11 Å². The van der Waals surface area contributed by atoms with Crippen LogP contribution in [0.5, 0.6) is 5.75 Å². The Morgan fingerprint density at radius 2 is 2.10 bits per heavy atom. The highest BCUT2D eigenvalue weighted by Crippen LogP contribution is 2.29. The summed E-state index contributed by atoms with van der Waals surface area (Å²) in [6.07, 6.45) is 0. The van der Waals surface area contributed by atoms with E-state index in [2.05, 4.69) is 22.2 Å². The quantitative estimate of drug-likeness (QED) is 0.923. The van der Waals surface area contributed by atoms with Crippen molar-refractivity contribution >= 4 is 32.7 Å². The number of likely N-dealkylation sites (N-methyl/N-ethyl adjacent to an activating group) is 1. The van der Waals surface area contributed by atoms with Crippen molar-refractivity contribution in [3.8, 4) is 5.75 Å². The van der Waals surface area contributed by atoms with Crippen molar-refractivity contribution in [3.63, 3.8) is 0 Å². The second kappa shape index (κ2) is 5.87. The fourth-order valence-corrected chi connectivity index (χ4v) is 3.15. The van der Waals surface area contributed by atoms with E-state index in [0.717, 1.165) is 42.1 Å². The SMILES string of the molecule is COc1ccc2nc(NC(=O)N3CCN(C)CC3)sc2c1. The zero-order valence-electron chi connectivity index (χ0n) is 12.1. The molecule has 0 spiro atoms. The van der Waals surface area contributed by atoms with Crippen LogP contribution in [-0.2, 0) is 0 Å². The van der Waals surface area contributed by atoms with Crippen molar-refractivity contribution < 1.29 is 9.53 Å². The van der Waals surface area contributed by atoms with Gasteiger partial charge in [0.05, 0.1) is 17.3 Å². The molecule has 1 N–H and O–H groups in total. The predicted molar refractivity (Wildman–Crippen MR) is 84.3 cm³/mol. The highest BCUT2D eigenvalue weighted by Gasteiger charge is 2.20. The smallest absolute Gasteiger partial charge is 0.323 e. The number of rotatable bonds is 2. The van der Waals surface area contributed by atoms with E-state index >= 15 is 0 Å². The Morgan fingerprint density at radius 3 is 2.81 bits per heavy atom. The molecule has 3 rings (SSSR count). The lowest BCUT2D eigenvalue weighted by molar-refractivity contribution is 0.164. The van der Waals surface area contributed by atoms with Gasteiger partial charge in [-0.25, -0.2) is 9.78 Å². The molecular formula is C14H18N4O2S. The number of hydrogen-bond donors (Lipinski definition) is 1. The Hall–Kier alpha value is -1.86. The van der Waals surface area contributed by atoms with Crippen LogP contribution in [0.1, 0.15) is 0 Å². The lowest BCUT2D eigenvalue weighted by Crippen LogP contribution is -2.48. The van der Waals surface area contributed by atoms with Crippen LogP contribution >= 0.6 is 11.3 Å². The minimum Gasteiger partial charge on any atom is -0.497 e. The van der Waals surface area contributed by atoms with Gasteiger partial charge >= 0.3 is 6.03 Å². The van der Waals surface area contributed by atoms with Crippen LogP contribution in [0, 0.1) is 0 Å². The molecule has 1 aromatic heterocycles. The lowest BCUT2D eigenvalue weighted by atomic mass is 10.3. The standard InChI is InChI=1S/C14H18N4O2S/c1-17-5-7-18(8-6-17)14(19)16-13-15-11-4-3-10(20-2)9-12(11)21-13/h3-4,9H,5-8H2,1-2H3,(H,15,16,19). The van der Waals surface area contributed by atoms with E-state index in [-0.39, 0.29) is 6.03 Å². The lowest BCUT2D eigenvalue weighted by Gasteiger charge is -2.32. The number of aromatic nitrogens is 1. The predicted octanol–water partition coefficient (Wildman–Crippen LogP) is 2.08. The van der Waals surface area contributed by atoms with Gasteiger partial charge in [-0.15, -0.1) is 0 Å². The average Bonchev–Trinajstić information content (AvgIpc) is 2.88. The van der Waals surface area contributed by atoms with Crippen molar-refractivity contribution in [3.05, 3.63) is 18.2 Å². The number of fused-ring (bicyclic) bond motifs is 1. The maximum absolute atomic E-state index is 12.2. The van der Waals surface area contributed by atoms with Crippen molar-refractivity contribution in [2.75, 3.05) is 45.7 Å². The van der Waals surface area contributed by atoms with E-state index in [4.69, 9.17) is 4.74 Å². The molecule has 112 valence electrons. The Bertz CT molecular complexity index is 649. The van der Waals surface area contributed by atoms with Gasteiger partial charge in [-0.05, 0) is 25.2 Å². The fourth-order valence-electron chi connectivity index (χ4n) is 2.27. The van der Waals surface area contributed by atoms with Crippen LogP contribution in [0.4, 0.5) is 9.93 Å². The van der Waals surface area contributed by atoms with Crippen molar-refractivity contribution in [1.29, 1.82) is 0 Å². The summed E-state index contributed by atoms with van der Waals surface area (Å²) in [5.41, 5.74) is 0.870. The fraction of sp³-hybridized carbons (Fsp3) is 0.429. The Balaban J connectivity index is 1.71. The van der Waals surface area contributed by atoms with Crippen LogP contribution < -0.4 is 10.1 Å². The monoisotopic (exact) mass is 306 g/mol. The number of amides is 2. The molecule has 7 heteroatoms.